The minimum Gasteiger partial charge on any atom is -0.478 e. The lowest BCUT2D eigenvalue weighted by molar-refractivity contribution is -0.130. The normalized spacial score (nSPS) is 14.9. The van der Waals surface area contributed by atoms with E-state index in [0.29, 0.717) is 5.56 Å². The van der Waals surface area contributed by atoms with E-state index in [1.54, 1.807) is 19.9 Å². The lowest BCUT2D eigenvalue weighted by Gasteiger charge is -2.27. The molecule has 0 atom stereocenters. The van der Waals surface area contributed by atoms with Crippen LogP contribution in [0.4, 0.5) is 5.82 Å². The highest BCUT2D eigenvalue weighted by Gasteiger charge is 2.19. The molecule has 21 heavy (non-hydrogen) atoms. The van der Waals surface area contributed by atoms with Crippen LogP contribution in [0.15, 0.2) is 6.07 Å². The molecule has 0 spiro atoms. The summed E-state index contributed by atoms with van der Waals surface area (Å²) in [6, 6.07) is 1.72. The first-order valence-electron chi connectivity index (χ1n) is 7.22. The zero-order chi connectivity index (χ0) is 15.4. The fraction of sp³-hybridized carbons (Fsp3) is 0.533. The van der Waals surface area contributed by atoms with Crippen LogP contribution in [0.2, 0.25) is 0 Å². The number of piperidine rings is 1. The molecule has 6 nitrogen and oxygen atoms in total. The van der Waals surface area contributed by atoms with Crippen molar-refractivity contribution in [2.75, 3.05) is 25.0 Å². The molecule has 1 aromatic rings. The molecule has 0 aliphatic carbocycles. The third-order valence-electron chi connectivity index (χ3n) is 3.67. The van der Waals surface area contributed by atoms with Crippen molar-refractivity contribution in [3.63, 3.8) is 0 Å². The Balaban J connectivity index is 2.08. The predicted molar refractivity (Wildman–Crippen MR) is 79.6 cm³/mol. The zero-order valence-electron chi connectivity index (χ0n) is 12.5. The Morgan fingerprint density at radius 3 is 2.57 bits per heavy atom. The van der Waals surface area contributed by atoms with Crippen LogP contribution >= 0.6 is 0 Å². The second kappa shape index (κ2) is 6.56. The van der Waals surface area contributed by atoms with Gasteiger partial charge in [0.1, 0.15) is 11.4 Å². The van der Waals surface area contributed by atoms with Gasteiger partial charge in [-0.2, -0.15) is 0 Å². The van der Waals surface area contributed by atoms with E-state index >= 15 is 0 Å². The van der Waals surface area contributed by atoms with Gasteiger partial charge in [-0.3, -0.25) is 4.79 Å². The minimum absolute atomic E-state index is 0.00741. The molecular formula is C15H21N3O3. The fourth-order valence-corrected chi connectivity index (χ4v) is 2.65. The molecule has 2 rings (SSSR count). The van der Waals surface area contributed by atoms with Crippen molar-refractivity contribution >= 4 is 17.7 Å². The van der Waals surface area contributed by atoms with Crippen molar-refractivity contribution in [2.45, 2.75) is 33.1 Å². The summed E-state index contributed by atoms with van der Waals surface area (Å²) in [4.78, 5) is 29.5. The van der Waals surface area contributed by atoms with Crippen LogP contribution in [0.3, 0.4) is 0 Å². The number of carboxylic acid groups (broad SMARTS) is 1. The highest BCUT2D eigenvalue weighted by atomic mass is 16.4. The molecule has 1 amide bonds. The zero-order valence-corrected chi connectivity index (χ0v) is 12.5. The Hall–Kier alpha value is -2.11. The molecule has 0 saturated carbocycles. The molecule has 114 valence electrons. The van der Waals surface area contributed by atoms with Crippen LogP contribution in [0, 0.1) is 13.8 Å². The van der Waals surface area contributed by atoms with Crippen molar-refractivity contribution in [1.82, 2.24) is 9.88 Å². The number of aromatic carboxylic acids is 1. The van der Waals surface area contributed by atoms with Gasteiger partial charge in [0.2, 0.25) is 5.91 Å². The van der Waals surface area contributed by atoms with Gasteiger partial charge in [-0.1, -0.05) is 0 Å². The third kappa shape index (κ3) is 3.71. The molecule has 1 saturated heterocycles. The fourth-order valence-electron chi connectivity index (χ4n) is 2.65. The average molecular weight is 291 g/mol. The Kier molecular flexibility index (Phi) is 4.77. The first-order valence-corrected chi connectivity index (χ1v) is 7.22. The number of carbonyl (C=O) groups is 2. The van der Waals surface area contributed by atoms with Crippen molar-refractivity contribution in [1.29, 1.82) is 0 Å². The van der Waals surface area contributed by atoms with Gasteiger partial charge >= 0.3 is 5.97 Å². The Bertz CT molecular complexity index is 551. The number of hydrogen-bond acceptors (Lipinski definition) is 4. The maximum atomic E-state index is 12.1. The van der Waals surface area contributed by atoms with Gasteiger partial charge < -0.3 is 15.3 Å². The number of hydrogen-bond donors (Lipinski definition) is 2. The highest BCUT2D eigenvalue weighted by molar-refractivity contribution is 5.95. The van der Waals surface area contributed by atoms with Gasteiger partial charge in [-0.25, -0.2) is 9.78 Å². The van der Waals surface area contributed by atoms with E-state index in [2.05, 4.69) is 10.3 Å². The first kappa shape index (κ1) is 15.3. The molecular weight excluding hydrogens is 270 g/mol. The van der Waals surface area contributed by atoms with Gasteiger partial charge in [-0.15, -0.1) is 0 Å². The molecule has 1 aromatic heterocycles. The largest absolute Gasteiger partial charge is 0.478 e. The summed E-state index contributed by atoms with van der Waals surface area (Å²) in [6.45, 7) is 5.18. The number of aryl methyl sites for hydroxylation is 2. The SMILES string of the molecule is Cc1cc(C)c(C(=O)O)c(NCC(=O)N2CCCCC2)n1. The molecule has 1 fully saturated rings. The summed E-state index contributed by atoms with van der Waals surface area (Å²) in [7, 11) is 0. The summed E-state index contributed by atoms with van der Waals surface area (Å²) in [5, 5.41) is 12.2. The average Bonchev–Trinajstić information content (AvgIpc) is 2.44. The van der Waals surface area contributed by atoms with Gasteiger partial charge in [0, 0.05) is 18.8 Å². The number of anilines is 1. The van der Waals surface area contributed by atoms with Crippen molar-refractivity contribution in [3.8, 4) is 0 Å². The number of likely N-dealkylation sites (tertiary alicyclic amines) is 1. The topological polar surface area (TPSA) is 82.5 Å². The number of carbonyl (C=O) groups excluding carboxylic acids is 1. The van der Waals surface area contributed by atoms with Gasteiger partial charge in [0.05, 0.1) is 6.54 Å². The van der Waals surface area contributed by atoms with Crippen LogP contribution in [0.1, 0.15) is 40.9 Å². The quantitative estimate of drug-likeness (QED) is 0.884. The summed E-state index contributed by atoms with van der Waals surface area (Å²) < 4.78 is 0. The molecule has 0 bridgehead atoms. The molecule has 0 unspecified atom stereocenters. The van der Waals surface area contributed by atoms with E-state index in [0.717, 1.165) is 31.6 Å². The number of aromatic nitrogens is 1. The van der Waals surface area contributed by atoms with Crippen LogP contribution < -0.4 is 5.32 Å². The minimum atomic E-state index is -1.03. The third-order valence-corrected chi connectivity index (χ3v) is 3.67. The van der Waals surface area contributed by atoms with Gasteiger partial charge in [0.25, 0.3) is 0 Å². The smallest absolute Gasteiger partial charge is 0.339 e. The van der Waals surface area contributed by atoms with Crippen molar-refractivity contribution in [2.24, 2.45) is 0 Å². The monoisotopic (exact) mass is 291 g/mol. The highest BCUT2D eigenvalue weighted by Crippen LogP contribution is 2.19. The number of rotatable bonds is 4. The molecule has 2 N–H and O–H groups in total. The second-order valence-electron chi connectivity index (χ2n) is 5.40. The number of carboxylic acids is 1. The lowest BCUT2D eigenvalue weighted by Crippen LogP contribution is -2.39. The molecule has 6 heteroatoms. The maximum Gasteiger partial charge on any atom is 0.339 e. The Labute approximate surface area is 124 Å². The molecule has 0 radical (unpaired) electrons. The Morgan fingerprint density at radius 2 is 1.95 bits per heavy atom. The second-order valence-corrected chi connectivity index (χ2v) is 5.40. The Morgan fingerprint density at radius 1 is 1.29 bits per heavy atom. The number of pyridine rings is 1. The standard InChI is InChI=1S/C15H21N3O3/c1-10-8-11(2)17-14(13(10)15(20)21)16-9-12(19)18-6-4-3-5-7-18/h8H,3-7,9H2,1-2H3,(H,16,17)(H,20,21). The van der Waals surface area contributed by atoms with Gasteiger partial charge in [-0.05, 0) is 44.7 Å². The van der Waals surface area contributed by atoms with E-state index < -0.39 is 5.97 Å². The summed E-state index contributed by atoms with van der Waals surface area (Å²) in [6.07, 6.45) is 3.24. The number of nitrogens with zero attached hydrogens (tertiary/aromatic N) is 2. The van der Waals surface area contributed by atoms with E-state index in [-0.39, 0.29) is 23.8 Å². The van der Waals surface area contributed by atoms with Crippen molar-refractivity contribution in [3.05, 3.63) is 22.9 Å². The lowest BCUT2D eigenvalue weighted by atomic mass is 10.1. The van der Waals surface area contributed by atoms with Crippen LogP contribution in [-0.4, -0.2) is 46.5 Å². The van der Waals surface area contributed by atoms with E-state index in [4.69, 9.17) is 0 Å². The van der Waals surface area contributed by atoms with E-state index in [1.165, 1.54) is 6.42 Å². The van der Waals surface area contributed by atoms with Crippen LogP contribution in [0.5, 0.6) is 0 Å². The summed E-state index contributed by atoms with van der Waals surface area (Å²) in [5.41, 5.74) is 1.50. The summed E-state index contributed by atoms with van der Waals surface area (Å²) in [5.74, 6) is -0.773. The number of nitrogens with one attached hydrogen (secondary N) is 1. The van der Waals surface area contributed by atoms with E-state index in [1.807, 2.05) is 4.90 Å². The van der Waals surface area contributed by atoms with Crippen LogP contribution in [0.25, 0.3) is 0 Å². The van der Waals surface area contributed by atoms with Crippen LogP contribution in [-0.2, 0) is 4.79 Å². The molecule has 0 aromatic carbocycles. The van der Waals surface area contributed by atoms with E-state index in [9.17, 15) is 14.7 Å². The summed E-state index contributed by atoms with van der Waals surface area (Å²) >= 11 is 0. The van der Waals surface area contributed by atoms with Gasteiger partial charge in [0.15, 0.2) is 0 Å². The molecule has 2 heterocycles. The first-order chi connectivity index (χ1) is 9.99. The number of amides is 1. The van der Waals surface area contributed by atoms with Crippen molar-refractivity contribution < 1.29 is 14.7 Å². The molecule has 1 aliphatic rings. The predicted octanol–water partition coefficient (Wildman–Crippen LogP) is 1.82. The molecule has 1 aliphatic heterocycles. The maximum absolute atomic E-state index is 12.1.